The van der Waals surface area contributed by atoms with Crippen molar-refractivity contribution < 1.29 is 37.1 Å². The van der Waals surface area contributed by atoms with Crippen molar-refractivity contribution in [1.82, 2.24) is 0 Å². The van der Waals surface area contributed by atoms with Crippen molar-refractivity contribution >= 4 is 0 Å². The molecule has 1 saturated carbocycles. The van der Waals surface area contributed by atoms with Gasteiger partial charge in [-0.1, -0.05) is 52.3 Å². The summed E-state index contributed by atoms with van der Waals surface area (Å²) in [5.41, 5.74) is -0.0998. The number of hydrogen-bond acceptors (Lipinski definition) is 0. The first-order valence-electron chi connectivity index (χ1n) is 6.24. The Morgan fingerprint density at radius 2 is 1.50 bits per heavy atom. The summed E-state index contributed by atoms with van der Waals surface area (Å²) in [5, 5.41) is 0. The van der Waals surface area contributed by atoms with E-state index in [4.69, 9.17) is 0 Å². The molecule has 3 aliphatic rings. The molecular formula is C14H22FY-. The summed E-state index contributed by atoms with van der Waals surface area (Å²) in [6.45, 7) is 8.70. The van der Waals surface area contributed by atoms with Crippen molar-refractivity contribution in [2.75, 3.05) is 0 Å². The van der Waals surface area contributed by atoms with Crippen LogP contribution in [0.25, 0.3) is 0 Å². The number of halogens is 1. The van der Waals surface area contributed by atoms with Crippen LogP contribution in [0.3, 0.4) is 0 Å². The molecule has 0 N–H and O–H groups in total. The van der Waals surface area contributed by atoms with Gasteiger partial charge in [-0.3, -0.25) is 4.39 Å². The molecule has 1 radical (unpaired) electrons. The smallest absolute Gasteiger partial charge is 0 e. The molecule has 89 valence electrons. The molecule has 3 aliphatic carbocycles. The van der Waals surface area contributed by atoms with Gasteiger partial charge in [0, 0.05) is 32.7 Å². The van der Waals surface area contributed by atoms with Crippen LogP contribution in [0, 0.1) is 28.7 Å². The van der Waals surface area contributed by atoms with E-state index in [-0.39, 0.29) is 49.4 Å². The van der Waals surface area contributed by atoms with Crippen LogP contribution >= 0.6 is 0 Å². The Labute approximate surface area is 124 Å². The van der Waals surface area contributed by atoms with Gasteiger partial charge in [0.25, 0.3) is 0 Å². The molecule has 1 fully saturated rings. The van der Waals surface area contributed by atoms with E-state index >= 15 is 0 Å². The van der Waals surface area contributed by atoms with Crippen molar-refractivity contribution in [3.63, 3.8) is 0 Å². The molecule has 0 aromatic rings. The van der Waals surface area contributed by atoms with E-state index in [1.165, 1.54) is 0 Å². The van der Waals surface area contributed by atoms with Crippen LogP contribution in [0.4, 0.5) is 4.39 Å². The molecule has 2 heteroatoms. The Morgan fingerprint density at radius 3 is 1.81 bits per heavy atom. The minimum absolute atomic E-state index is 0. The molecule has 0 saturated heterocycles. The molecule has 2 bridgehead atoms. The Hall–Kier alpha value is 0.774. The summed E-state index contributed by atoms with van der Waals surface area (Å²) in [6, 6.07) is 0. The second-order valence-corrected chi connectivity index (χ2v) is 6.06. The molecule has 0 nitrogen and oxygen atoms in total. The number of hydrogen-bond donors (Lipinski definition) is 0. The van der Waals surface area contributed by atoms with Gasteiger partial charge < -0.3 is 6.08 Å². The predicted molar refractivity (Wildman–Crippen MR) is 60.9 cm³/mol. The van der Waals surface area contributed by atoms with Crippen LogP contribution in [0.1, 0.15) is 53.4 Å². The first kappa shape index (κ1) is 14.8. The molecule has 0 spiro atoms. The zero-order valence-electron chi connectivity index (χ0n) is 10.9. The van der Waals surface area contributed by atoms with E-state index in [1.807, 2.05) is 0 Å². The van der Waals surface area contributed by atoms with Crippen molar-refractivity contribution in [3.05, 3.63) is 11.9 Å². The molecule has 0 unspecified atom stereocenters. The van der Waals surface area contributed by atoms with E-state index in [2.05, 4.69) is 33.8 Å². The largest absolute Gasteiger partial charge is 0.456 e. The summed E-state index contributed by atoms with van der Waals surface area (Å²) in [7, 11) is 0. The summed E-state index contributed by atoms with van der Waals surface area (Å²) >= 11 is 0. The van der Waals surface area contributed by atoms with Crippen LogP contribution in [0.2, 0.25) is 0 Å². The zero-order chi connectivity index (χ0) is 11.3. The van der Waals surface area contributed by atoms with Crippen LogP contribution in [-0.4, -0.2) is 0 Å². The topological polar surface area (TPSA) is 0 Å². The second kappa shape index (κ2) is 4.80. The van der Waals surface area contributed by atoms with Gasteiger partial charge in [-0.25, -0.2) is 0 Å². The fraction of sp³-hybridized carbons (Fsp3) is 0.857. The summed E-state index contributed by atoms with van der Waals surface area (Å²) in [4.78, 5) is 0. The van der Waals surface area contributed by atoms with Crippen LogP contribution < -0.4 is 0 Å². The fourth-order valence-corrected chi connectivity index (χ4v) is 3.38. The van der Waals surface area contributed by atoms with E-state index in [0.29, 0.717) is 11.8 Å². The summed E-state index contributed by atoms with van der Waals surface area (Å²) in [6.07, 6.45) is 7.53. The maximum atomic E-state index is 14.2. The molecule has 3 rings (SSSR count). The van der Waals surface area contributed by atoms with Gasteiger partial charge in [-0.05, 0) is 24.2 Å². The van der Waals surface area contributed by atoms with Crippen LogP contribution in [-0.2, 0) is 32.7 Å². The normalized spacial score (nSPS) is 37.6. The first-order chi connectivity index (χ1) is 6.93. The Bertz CT molecular complexity index is 283. The quantitative estimate of drug-likeness (QED) is 0.658. The van der Waals surface area contributed by atoms with E-state index in [0.717, 1.165) is 25.7 Å². The Balaban J connectivity index is 0.00000128. The third-order valence-corrected chi connectivity index (χ3v) is 5.04. The van der Waals surface area contributed by atoms with Gasteiger partial charge in [0.1, 0.15) is 0 Å². The predicted octanol–water partition coefficient (Wildman–Crippen LogP) is 4.51. The van der Waals surface area contributed by atoms with Crippen LogP contribution in [0.5, 0.6) is 0 Å². The third kappa shape index (κ3) is 1.96. The number of fused-ring (bicyclic) bond motifs is 2. The average molecular weight is 298 g/mol. The molecule has 0 amide bonds. The van der Waals surface area contributed by atoms with Gasteiger partial charge in [-0.2, -0.15) is 5.41 Å². The monoisotopic (exact) mass is 298 g/mol. The second-order valence-electron chi connectivity index (χ2n) is 6.06. The van der Waals surface area contributed by atoms with Gasteiger partial charge in [0.05, 0.1) is 0 Å². The van der Waals surface area contributed by atoms with E-state index in [9.17, 15) is 4.39 Å². The van der Waals surface area contributed by atoms with E-state index in [1.54, 1.807) is 0 Å². The third-order valence-electron chi connectivity index (χ3n) is 5.04. The van der Waals surface area contributed by atoms with Gasteiger partial charge >= 0.3 is 0 Å². The van der Waals surface area contributed by atoms with E-state index < -0.39 is 0 Å². The Morgan fingerprint density at radius 1 is 1.00 bits per heavy atom. The van der Waals surface area contributed by atoms with Crippen molar-refractivity contribution in [2.24, 2.45) is 22.7 Å². The van der Waals surface area contributed by atoms with Crippen LogP contribution in [0.15, 0.2) is 5.83 Å². The first-order valence-corrected chi connectivity index (χ1v) is 6.24. The molecule has 0 aromatic carbocycles. The molecule has 0 aliphatic heterocycles. The average Bonchev–Trinajstić information content (AvgIpc) is 2.18. The number of rotatable bonds is 2. The molecule has 0 aromatic heterocycles. The maximum absolute atomic E-state index is 14.2. The van der Waals surface area contributed by atoms with Crippen molar-refractivity contribution in [1.29, 1.82) is 0 Å². The molecule has 0 heterocycles. The SMILES string of the molecule is CC(C)C12[C-]=C(F)C(C(C)C)(CC1)CC2.[Y]. The van der Waals surface area contributed by atoms with Gasteiger partial charge in [0.2, 0.25) is 0 Å². The molecular weight excluding hydrogens is 276 g/mol. The minimum atomic E-state index is -0.156. The maximum Gasteiger partial charge on any atom is 0 e. The van der Waals surface area contributed by atoms with Gasteiger partial charge in [-0.15, -0.1) is 0 Å². The standard InChI is InChI=1S/C14H22F.Y/c1-10(2)13-5-7-14(8-6-13,11(3)4)12(15)9-13;/h10-11H,5-8H2,1-4H3;/q-1;. The summed E-state index contributed by atoms with van der Waals surface area (Å²) in [5.74, 6) is 1.01. The molecule has 16 heavy (non-hydrogen) atoms. The zero-order valence-corrected chi connectivity index (χ0v) is 13.8. The summed E-state index contributed by atoms with van der Waals surface area (Å²) < 4.78 is 14.2. The Kier molecular flexibility index (Phi) is 4.45. The van der Waals surface area contributed by atoms with Crippen molar-refractivity contribution in [2.45, 2.75) is 53.4 Å². The van der Waals surface area contributed by atoms with Gasteiger partial charge in [0.15, 0.2) is 0 Å². The minimum Gasteiger partial charge on any atom is -0.456 e. The number of allylic oxidation sites excluding steroid dienone is 2. The molecule has 0 atom stereocenters. The van der Waals surface area contributed by atoms with Crippen molar-refractivity contribution in [3.8, 4) is 0 Å². The fourth-order valence-electron chi connectivity index (χ4n) is 3.38.